The van der Waals surface area contributed by atoms with E-state index < -0.39 is 11.8 Å². The van der Waals surface area contributed by atoms with E-state index >= 15 is 0 Å². The molecule has 0 radical (unpaired) electrons. The average Bonchev–Trinajstić information content (AvgIpc) is 3.07. The van der Waals surface area contributed by atoms with Crippen LogP contribution in [0, 0.1) is 13.8 Å². The molecule has 0 saturated heterocycles. The summed E-state index contributed by atoms with van der Waals surface area (Å²) in [6, 6.07) is 16.8. The number of aryl methyl sites for hydroxylation is 1. The van der Waals surface area contributed by atoms with Crippen molar-refractivity contribution < 1.29 is 14.3 Å². The van der Waals surface area contributed by atoms with Crippen molar-refractivity contribution in [1.29, 1.82) is 0 Å². The minimum atomic E-state index is -0.837. The van der Waals surface area contributed by atoms with Gasteiger partial charge in [0.1, 0.15) is 5.75 Å². The van der Waals surface area contributed by atoms with Crippen molar-refractivity contribution in [2.75, 3.05) is 6.61 Å². The van der Waals surface area contributed by atoms with E-state index in [0.29, 0.717) is 11.6 Å². The Morgan fingerprint density at radius 1 is 1.06 bits per heavy atom. The number of carbonyl (C=O) groups is 2. The standard InChI is InChI=1S/C24H25ClN4O3/c1-4-32-22-11-9-21(10-12-22)29-16(2)13-19(17(29)3)15-27-28-24(31)23(30)26-14-18-5-7-20(25)8-6-18/h5-13,15H,4,14H2,1-3H3,(H,26,30)(H,28,31)/b27-15-. The number of hydrogen-bond acceptors (Lipinski definition) is 4. The first-order chi connectivity index (χ1) is 15.4. The Hall–Kier alpha value is -3.58. The number of hydrogen-bond donors (Lipinski definition) is 2. The number of ether oxygens (including phenoxy) is 1. The first-order valence-electron chi connectivity index (χ1n) is 10.2. The van der Waals surface area contributed by atoms with Crippen LogP contribution in [0.25, 0.3) is 5.69 Å². The van der Waals surface area contributed by atoms with Gasteiger partial charge in [0, 0.05) is 34.2 Å². The van der Waals surface area contributed by atoms with Gasteiger partial charge in [0.25, 0.3) is 0 Å². The lowest BCUT2D eigenvalue weighted by atomic mass is 10.2. The molecular formula is C24H25ClN4O3. The van der Waals surface area contributed by atoms with E-state index in [1.165, 1.54) is 6.21 Å². The molecule has 1 aromatic heterocycles. The molecule has 0 saturated carbocycles. The zero-order chi connectivity index (χ0) is 23.1. The number of benzene rings is 2. The highest BCUT2D eigenvalue weighted by molar-refractivity contribution is 6.35. The van der Waals surface area contributed by atoms with Gasteiger partial charge in [-0.3, -0.25) is 9.59 Å². The van der Waals surface area contributed by atoms with Crippen LogP contribution in [0.3, 0.4) is 0 Å². The largest absolute Gasteiger partial charge is 0.494 e. The third-order valence-corrected chi connectivity index (χ3v) is 5.07. The van der Waals surface area contributed by atoms with Crippen LogP contribution >= 0.6 is 11.6 Å². The van der Waals surface area contributed by atoms with Gasteiger partial charge < -0.3 is 14.6 Å². The highest BCUT2D eigenvalue weighted by Crippen LogP contribution is 2.22. The molecule has 2 aromatic carbocycles. The average molecular weight is 453 g/mol. The normalized spacial score (nSPS) is 10.9. The molecule has 1 heterocycles. The second-order valence-corrected chi connectivity index (χ2v) is 7.53. The molecule has 0 aliphatic heterocycles. The highest BCUT2D eigenvalue weighted by atomic mass is 35.5. The van der Waals surface area contributed by atoms with Crippen LogP contribution in [0.2, 0.25) is 5.02 Å². The summed E-state index contributed by atoms with van der Waals surface area (Å²) >= 11 is 5.83. The van der Waals surface area contributed by atoms with E-state index in [1.54, 1.807) is 24.3 Å². The number of nitrogens with one attached hydrogen (secondary N) is 2. The lowest BCUT2D eigenvalue weighted by Crippen LogP contribution is -2.37. The van der Waals surface area contributed by atoms with E-state index in [2.05, 4.69) is 20.4 Å². The number of nitrogens with zero attached hydrogens (tertiary/aromatic N) is 2. The minimum absolute atomic E-state index is 0.219. The Kier molecular flexibility index (Phi) is 7.68. The second kappa shape index (κ2) is 10.6. The monoisotopic (exact) mass is 452 g/mol. The number of carbonyl (C=O) groups excluding carboxylic acids is 2. The van der Waals surface area contributed by atoms with Gasteiger partial charge in [0.15, 0.2) is 0 Å². The van der Waals surface area contributed by atoms with Crippen LogP contribution in [0.15, 0.2) is 59.7 Å². The van der Waals surface area contributed by atoms with E-state index in [0.717, 1.165) is 34.0 Å². The van der Waals surface area contributed by atoms with Gasteiger partial charge in [-0.2, -0.15) is 5.10 Å². The molecule has 3 rings (SSSR count). The van der Waals surface area contributed by atoms with Crippen LogP contribution in [-0.4, -0.2) is 29.2 Å². The van der Waals surface area contributed by atoms with Gasteiger partial charge in [0.05, 0.1) is 12.8 Å². The molecule has 0 aliphatic rings. The Bertz CT molecular complexity index is 1120. The molecule has 8 heteroatoms. The highest BCUT2D eigenvalue weighted by Gasteiger charge is 2.13. The molecule has 0 spiro atoms. The quantitative estimate of drug-likeness (QED) is 0.324. The number of rotatable bonds is 7. The first kappa shape index (κ1) is 23.1. The lowest BCUT2D eigenvalue weighted by molar-refractivity contribution is -0.139. The maximum absolute atomic E-state index is 12.0. The zero-order valence-electron chi connectivity index (χ0n) is 18.2. The minimum Gasteiger partial charge on any atom is -0.494 e. The molecule has 166 valence electrons. The van der Waals surface area contributed by atoms with Crippen molar-refractivity contribution in [2.24, 2.45) is 5.10 Å². The summed E-state index contributed by atoms with van der Waals surface area (Å²) in [6.07, 6.45) is 1.53. The predicted molar refractivity (Wildman–Crippen MR) is 125 cm³/mol. The summed E-state index contributed by atoms with van der Waals surface area (Å²) in [5, 5.41) is 7.09. The van der Waals surface area contributed by atoms with Gasteiger partial charge >= 0.3 is 11.8 Å². The molecule has 32 heavy (non-hydrogen) atoms. The molecule has 0 bridgehead atoms. The van der Waals surface area contributed by atoms with E-state index in [-0.39, 0.29) is 6.54 Å². The molecule has 0 aliphatic carbocycles. The fourth-order valence-electron chi connectivity index (χ4n) is 3.25. The third-order valence-electron chi connectivity index (χ3n) is 4.82. The molecular weight excluding hydrogens is 428 g/mol. The third kappa shape index (κ3) is 5.76. The smallest absolute Gasteiger partial charge is 0.329 e. The predicted octanol–water partition coefficient (Wildman–Crippen LogP) is 3.91. The maximum atomic E-state index is 12.0. The van der Waals surface area contributed by atoms with Crippen molar-refractivity contribution in [3.05, 3.63) is 82.1 Å². The van der Waals surface area contributed by atoms with Gasteiger partial charge in [-0.05, 0) is 68.8 Å². The molecule has 0 unspecified atom stereocenters. The first-order valence-corrected chi connectivity index (χ1v) is 10.5. The van der Waals surface area contributed by atoms with Crippen molar-refractivity contribution in [1.82, 2.24) is 15.3 Å². The summed E-state index contributed by atoms with van der Waals surface area (Å²) in [4.78, 5) is 24.0. The Morgan fingerprint density at radius 2 is 1.75 bits per heavy atom. The van der Waals surface area contributed by atoms with Gasteiger partial charge in [-0.15, -0.1) is 0 Å². The number of halogens is 1. The Balaban J connectivity index is 1.60. The van der Waals surface area contributed by atoms with Crippen LogP contribution in [0.5, 0.6) is 5.75 Å². The van der Waals surface area contributed by atoms with Gasteiger partial charge in [0.2, 0.25) is 0 Å². The summed E-state index contributed by atoms with van der Waals surface area (Å²) in [7, 11) is 0. The molecule has 2 amide bonds. The van der Waals surface area contributed by atoms with Gasteiger partial charge in [-0.1, -0.05) is 23.7 Å². The summed E-state index contributed by atoms with van der Waals surface area (Å²) in [5.41, 5.74) is 6.89. The number of aromatic nitrogens is 1. The number of hydrazone groups is 1. The van der Waals surface area contributed by atoms with E-state index in [1.807, 2.05) is 51.1 Å². The fraction of sp³-hybridized carbons (Fsp3) is 0.208. The molecule has 7 nitrogen and oxygen atoms in total. The molecule has 0 fully saturated rings. The molecule has 0 atom stereocenters. The zero-order valence-corrected chi connectivity index (χ0v) is 18.9. The van der Waals surface area contributed by atoms with E-state index in [9.17, 15) is 9.59 Å². The lowest BCUT2D eigenvalue weighted by Gasteiger charge is -2.10. The van der Waals surface area contributed by atoms with Crippen LogP contribution < -0.4 is 15.5 Å². The van der Waals surface area contributed by atoms with Crippen molar-refractivity contribution in [2.45, 2.75) is 27.3 Å². The topological polar surface area (TPSA) is 84.7 Å². The Morgan fingerprint density at radius 3 is 2.41 bits per heavy atom. The second-order valence-electron chi connectivity index (χ2n) is 7.10. The van der Waals surface area contributed by atoms with Crippen molar-refractivity contribution >= 4 is 29.6 Å². The van der Waals surface area contributed by atoms with E-state index in [4.69, 9.17) is 16.3 Å². The SMILES string of the molecule is CCOc1ccc(-n2c(C)cc(/C=N\NC(=O)C(=O)NCc3ccc(Cl)cc3)c2C)cc1. The number of amides is 2. The van der Waals surface area contributed by atoms with Gasteiger partial charge in [-0.25, -0.2) is 5.43 Å². The Labute approximate surface area is 192 Å². The van der Waals surface area contributed by atoms with Crippen LogP contribution in [0.4, 0.5) is 0 Å². The van der Waals surface area contributed by atoms with Crippen molar-refractivity contribution in [3.63, 3.8) is 0 Å². The van der Waals surface area contributed by atoms with Crippen molar-refractivity contribution in [3.8, 4) is 11.4 Å². The summed E-state index contributed by atoms with van der Waals surface area (Å²) in [6.45, 7) is 6.74. The summed E-state index contributed by atoms with van der Waals surface area (Å²) in [5.74, 6) is -0.787. The fourth-order valence-corrected chi connectivity index (χ4v) is 3.38. The molecule has 3 aromatic rings. The maximum Gasteiger partial charge on any atom is 0.329 e. The summed E-state index contributed by atoms with van der Waals surface area (Å²) < 4.78 is 7.58. The van der Waals surface area contributed by atoms with Crippen LogP contribution in [0.1, 0.15) is 29.4 Å². The molecule has 2 N–H and O–H groups in total. The van der Waals surface area contributed by atoms with Crippen LogP contribution in [-0.2, 0) is 16.1 Å².